The van der Waals surface area contributed by atoms with Crippen LogP contribution in [0.2, 0.25) is 0 Å². The van der Waals surface area contributed by atoms with Crippen molar-refractivity contribution in [2.24, 2.45) is 0 Å². The Bertz CT molecular complexity index is 839. The molecule has 0 N–H and O–H groups in total. The molecule has 1 aliphatic heterocycles. The molecule has 0 fully saturated rings. The topological polar surface area (TPSA) is 12.9 Å². The number of fused-ring (bicyclic) bond motifs is 1. The number of hydrogen-bond acceptors (Lipinski definition) is 2. The number of pyridine rings is 1. The summed E-state index contributed by atoms with van der Waals surface area (Å²) in [6.45, 7) is 7.94. The van der Waals surface area contributed by atoms with Crippen LogP contribution in [-0.4, -0.2) is 10.7 Å². The van der Waals surface area contributed by atoms with E-state index in [1.165, 1.54) is 29.1 Å². The van der Waals surface area contributed by atoms with E-state index in [1.54, 1.807) is 0 Å². The quantitative estimate of drug-likeness (QED) is 0.580. The third-order valence-corrected chi connectivity index (χ3v) is 5.68. The number of aromatic nitrogens is 1. The number of alkyl halides is 3. The summed E-state index contributed by atoms with van der Waals surface area (Å²) in [5.74, 6) is 1.12. The third kappa shape index (κ3) is 4.21. The molecule has 0 unspecified atom stereocenters. The molecule has 0 saturated heterocycles. The molecule has 1 nitrogen and oxygen atoms in total. The number of hydrogen-bond donors (Lipinski definition) is 0. The summed E-state index contributed by atoms with van der Waals surface area (Å²) < 4.78 is 39.4. The Labute approximate surface area is 156 Å². The summed E-state index contributed by atoms with van der Waals surface area (Å²) in [7, 11) is 0. The van der Waals surface area contributed by atoms with Crippen LogP contribution in [0.4, 0.5) is 13.2 Å². The van der Waals surface area contributed by atoms with E-state index in [4.69, 9.17) is 0 Å². The number of allylic oxidation sites excluding steroid dienone is 2. The van der Waals surface area contributed by atoms with Gasteiger partial charge in [-0.25, -0.2) is 0 Å². The van der Waals surface area contributed by atoms with E-state index in [9.17, 15) is 13.2 Å². The zero-order valence-electron chi connectivity index (χ0n) is 14.4. The Morgan fingerprint density at radius 3 is 2.65 bits per heavy atom. The highest BCUT2D eigenvalue weighted by Gasteiger charge is 2.34. The van der Waals surface area contributed by atoms with Gasteiger partial charge in [-0.1, -0.05) is 25.3 Å². The van der Waals surface area contributed by atoms with Gasteiger partial charge in [0.25, 0.3) is 0 Å². The van der Waals surface area contributed by atoms with Gasteiger partial charge in [-0.3, -0.25) is 4.98 Å². The Hall–Kier alpha value is -2.01. The van der Waals surface area contributed by atoms with E-state index in [2.05, 4.69) is 36.3 Å². The predicted molar refractivity (Wildman–Crippen MR) is 102 cm³/mol. The second-order valence-corrected chi connectivity index (χ2v) is 7.52. The minimum absolute atomic E-state index is 0.0752. The van der Waals surface area contributed by atoms with Crippen molar-refractivity contribution in [1.82, 2.24) is 4.98 Å². The van der Waals surface area contributed by atoms with Crippen molar-refractivity contribution >= 4 is 22.9 Å². The maximum atomic E-state index is 13.1. The SMILES string of the molecule is C=C(CCC(=C)c1ncccc1C(F)(F)F)c1ccc2c(c1)SCCC2. The standard InChI is InChI=1S/C21H20F3NS/c1-14(17-10-9-16-5-4-12-26-19(16)13-17)7-8-15(2)20-18(21(22,23)24)6-3-11-25-20/h3,6,9-11,13H,1-2,4-5,7-8,12H2. The average Bonchev–Trinajstić information content (AvgIpc) is 2.64. The summed E-state index contributed by atoms with van der Waals surface area (Å²) in [5.41, 5.74) is 2.89. The maximum absolute atomic E-state index is 13.1. The molecule has 0 spiro atoms. The number of benzene rings is 1. The smallest absolute Gasteiger partial charge is 0.256 e. The Morgan fingerprint density at radius 1 is 1.12 bits per heavy atom. The van der Waals surface area contributed by atoms with Crippen molar-refractivity contribution in [1.29, 1.82) is 0 Å². The minimum Gasteiger partial charge on any atom is -0.256 e. The van der Waals surface area contributed by atoms with Crippen LogP contribution in [0, 0.1) is 0 Å². The molecule has 0 aliphatic carbocycles. The van der Waals surface area contributed by atoms with Gasteiger partial charge < -0.3 is 0 Å². The fraction of sp³-hybridized carbons (Fsp3) is 0.286. The Kier molecular flexibility index (Phi) is 5.56. The van der Waals surface area contributed by atoms with E-state index in [1.807, 2.05) is 11.8 Å². The van der Waals surface area contributed by atoms with E-state index >= 15 is 0 Å². The first kappa shape index (κ1) is 18.8. The number of halogens is 3. The van der Waals surface area contributed by atoms with Crippen molar-refractivity contribution in [2.75, 3.05) is 5.75 Å². The van der Waals surface area contributed by atoms with Crippen LogP contribution in [0.3, 0.4) is 0 Å². The van der Waals surface area contributed by atoms with Gasteiger partial charge in [-0.2, -0.15) is 13.2 Å². The normalized spacial score (nSPS) is 14.0. The van der Waals surface area contributed by atoms with Crippen LogP contribution in [-0.2, 0) is 12.6 Å². The molecule has 26 heavy (non-hydrogen) atoms. The van der Waals surface area contributed by atoms with Gasteiger partial charge in [-0.05, 0) is 71.9 Å². The number of aryl methyl sites for hydroxylation is 1. The number of nitrogens with zero attached hydrogens (tertiary/aromatic N) is 1. The molecule has 2 aromatic rings. The van der Waals surface area contributed by atoms with Gasteiger partial charge in [0.1, 0.15) is 0 Å². The molecule has 1 aromatic heterocycles. The molecule has 0 radical (unpaired) electrons. The monoisotopic (exact) mass is 375 g/mol. The number of rotatable bonds is 5. The lowest BCUT2D eigenvalue weighted by Gasteiger charge is -2.17. The fourth-order valence-electron chi connectivity index (χ4n) is 3.04. The highest BCUT2D eigenvalue weighted by atomic mass is 32.2. The molecule has 2 heterocycles. The van der Waals surface area contributed by atoms with Crippen molar-refractivity contribution < 1.29 is 13.2 Å². The summed E-state index contributed by atoms with van der Waals surface area (Å²) in [6.07, 6.45) is 0.180. The van der Waals surface area contributed by atoms with Crippen LogP contribution in [0.5, 0.6) is 0 Å². The molecule has 136 valence electrons. The predicted octanol–water partition coefficient (Wildman–Crippen LogP) is 6.65. The molecular weight excluding hydrogens is 355 g/mol. The molecule has 1 aliphatic rings. The summed E-state index contributed by atoms with van der Waals surface area (Å²) in [5, 5.41) is 0. The van der Waals surface area contributed by atoms with Gasteiger partial charge in [0.2, 0.25) is 0 Å². The molecule has 0 atom stereocenters. The summed E-state index contributed by atoms with van der Waals surface area (Å²) in [6, 6.07) is 8.67. The molecule has 3 rings (SSSR count). The van der Waals surface area contributed by atoms with E-state index in [0.29, 0.717) is 18.4 Å². The second-order valence-electron chi connectivity index (χ2n) is 6.38. The lowest BCUT2D eigenvalue weighted by atomic mass is 9.96. The fourth-order valence-corrected chi connectivity index (χ4v) is 4.11. The lowest BCUT2D eigenvalue weighted by molar-refractivity contribution is -0.138. The van der Waals surface area contributed by atoms with E-state index in [-0.39, 0.29) is 5.69 Å². The summed E-state index contributed by atoms with van der Waals surface area (Å²) >= 11 is 1.85. The van der Waals surface area contributed by atoms with Crippen molar-refractivity contribution in [2.45, 2.75) is 36.8 Å². The van der Waals surface area contributed by atoms with Gasteiger partial charge in [0.15, 0.2) is 0 Å². The molecule has 0 saturated carbocycles. The first-order valence-electron chi connectivity index (χ1n) is 8.50. The number of thioether (sulfide) groups is 1. The van der Waals surface area contributed by atoms with Crippen molar-refractivity contribution in [3.8, 4) is 0 Å². The average molecular weight is 375 g/mol. The van der Waals surface area contributed by atoms with Crippen molar-refractivity contribution in [3.05, 3.63) is 72.1 Å². The van der Waals surface area contributed by atoms with Crippen LogP contribution in [0.15, 0.2) is 54.6 Å². The van der Waals surface area contributed by atoms with E-state index in [0.717, 1.165) is 29.4 Å². The highest BCUT2D eigenvalue weighted by Crippen LogP contribution is 2.36. The Balaban J connectivity index is 1.70. The summed E-state index contributed by atoms with van der Waals surface area (Å²) in [4.78, 5) is 5.19. The van der Waals surface area contributed by atoms with Gasteiger partial charge >= 0.3 is 6.18 Å². The molecule has 0 amide bonds. The van der Waals surface area contributed by atoms with Crippen LogP contribution >= 0.6 is 11.8 Å². The first-order chi connectivity index (χ1) is 12.4. The maximum Gasteiger partial charge on any atom is 0.418 e. The Morgan fingerprint density at radius 2 is 1.88 bits per heavy atom. The largest absolute Gasteiger partial charge is 0.418 e. The van der Waals surface area contributed by atoms with Gasteiger partial charge in [0, 0.05) is 11.1 Å². The zero-order chi connectivity index (χ0) is 18.7. The minimum atomic E-state index is -4.43. The molecule has 1 aromatic carbocycles. The third-order valence-electron chi connectivity index (χ3n) is 4.50. The molecule has 5 heteroatoms. The van der Waals surface area contributed by atoms with Crippen LogP contribution in [0.1, 0.15) is 41.6 Å². The van der Waals surface area contributed by atoms with E-state index < -0.39 is 11.7 Å². The molecule has 0 bridgehead atoms. The first-order valence-corrected chi connectivity index (χ1v) is 9.49. The molecular formula is C21H20F3NS. The second kappa shape index (κ2) is 7.70. The van der Waals surface area contributed by atoms with Crippen LogP contribution < -0.4 is 0 Å². The zero-order valence-corrected chi connectivity index (χ0v) is 15.2. The van der Waals surface area contributed by atoms with Gasteiger partial charge in [-0.15, -0.1) is 11.8 Å². The highest BCUT2D eigenvalue weighted by molar-refractivity contribution is 7.99. The van der Waals surface area contributed by atoms with Crippen molar-refractivity contribution in [3.63, 3.8) is 0 Å². The van der Waals surface area contributed by atoms with Gasteiger partial charge in [0.05, 0.1) is 11.3 Å². The lowest BCUT2D eigenvalue weighted by Crippen LogP contribution is -2.10. The van der Waals surface area contributed by atoms with Crippen LogP contribution in [0.25, 0.3) is 11.1 Å².